The molecule has 6 nitrogen and oxygen atoms in total. The SMILES string of the molecule is Cn1c(SCCC(C)(C)C(=N)N)n[nH]c1=O. The zero-order valence-corrected chi connectivity index (χ0v) is 10.5. The molecule has 0 saturated carbocycles. The maximum Gasteiger partial charge on any atom is 0.343 e. The fourth-order valence-electron chi connectivity index (χ4n) is 0.994. The average molecular weight is 243 g/mol. The van der Waals surface area contributed by atoms with Gasteiger partial charge in [-0.3, -0.25) is 9.98 Å². The largest absolute Gasteiger partial charge is 0.387 e. The molecule has 1 heterocycles. The van der Waals surface area contributed by atoms with Crippen molar-refractivity contribution in [1.29, 1.82) is 5.41 Å². The van der Waals surface area contributed by atoms with Crippen molar-refractivity contribution >= 4 is 17.6 Å². The summed E-state index contributed by atoms with van der Waals surface area (Å²) in [6, 6.07) is 0. The van der Waals surface area contributed by atoms with Crippen molar-refractivity contribution in [3.05, 3.63) is 10.5 Å². The van der Waals surface area contributed by atoms with E-state index in [4.69, 9.17) is 11.1 Å². The molecule has 7 heteroatoms. The summed E-state index contributed by atoms with van der Waals surface area (Å²) in [5.74, 6) is 0.953. The van der Waals surface area contributed by atoms with Crippen molar-refractivity contribution in [2.24, 2.45) is 18.2 Å². The van der Waals surface area contributed by atoms with Crippen LogP contribution in [0, 0.1) is 10.8 Å². The normalized spacial score (nSPS) is 11.7. The van der Waals surface area contributed by atoms with Crippen LogP contribution in [0.3, 0.4) is 0 Å². The lowest BCUT2D eigenvalue weighted by Gasteiger charge is -2.22. The van der Waals surface area contributed by atoms with Crippen LogP contribution in [0.2, 0.25) is 0 Å². The molecule has 1 rings (SSSR count). The number of thioether (sulfide) groups is 1. The van der Waals surface area contributed by atoms with Crippen LogP contribution in [-0.2, 0) is 7.05 Å². The summed E-state index contributed by atoms with van der Waals surface area (Å²) in [5, 5.41) is 14.3. The van der Waals surface area contributed by atoms with Crippen LogP contribution in [0.4, 0.5) is 0 Å². The van der Waals surface area contributed by atoms with Gasteiger partial charge < -0.3 is 5.73 Å². The van der Waals surface area contributed by atoms with Gasteiger partial charge in [0, 0.05) is 18.2 Å². The highest BCUT2D eigenvalue weighted by Gasteiger charge is 2.21. The fourth-order valence-corrected chi connectivity index (χ4v) is 2.18. The van der Waals surface area contributed by atoms with Crippen LogP contribution in [-0.4, -0.2) is 26.4 Å². The van der Waals surface area contributed by atoms with Crippen molar-refractivity contribution in [1.82, 2.24) is 14.8 Å². The number of rotatable bonds is 5. The van der Waals surface area contributed by atoms with E-state index in [9.17, 15) is 4.79 Å². The standard InChI is InChI=1S/C9H17N5OS/c1-9(2,6(10)11)4-5-16-8-13-12-7(15)14(8)3/h4-5H2,1-3H3,(H3,10,11)(H,12,15). The first kappa shape index (κ1) is 12.8. The second-order valence-corrected chi connectivity index (χ2v) is 5.33. The zero-order valence-electron chi connectivity index (χ0n) is 9.70. The molecule has 0 atom stereocenters. The van der Waals surface area contributed by atoms with Gasteiger partial charge >= 0.3 is 5.69 Å². The summed E-state index contributed by atoms with van der Waals surface area (Å²) >= 11 is 1.48. The summed E-state index contributed by atoms with van der Waals surface area (Å²) in [5.41, 5.74) is 4.96. The Labute approximate surface area is 98.1 Å². The van der Waals surface area contributed by atoms with Gasteiger partial charge in [-0.15, -0.1) is 5.10 Å². The minimum absolute atomic E-state index is 0.184. The predicted molar refractivity (Wildman–Crippen MR) is 64.9 cm³/mol. The van der Waals surface area contributed by atoms with Crippen LogP contribution in [0.5, 0.6) is 0 Å². The van der Waals surface area contributed by atoms with E-state index in [-0.39, 0.29) is 16.9 Å². The maximum absolute atomic E-state index is 11.1. The molecule has 0 aromatic carbocycles. The smallest absolute Gasteiger partial charge is 0.343 e. The Bertz CT molecular complexity index is 433. The van der Waals surface area contributed by atoms with Crippen molar-refractivity contribution in [3.8, 4) is 0 Å². The molecule has 1 aromatic heterocycles. The monoisotopic (exact) mass is 243 g/mol. The van der Waals surface area contributed by atoms with E-state index in [2.05, 4.69) is 10.2 Å². The van der Waals surface area contributed by atoms with E-state index in [1.807, 2.05) is 13.8 Å². The lowest BCUT2D eigenvalue weighted by Crippen LogP contribution is -2.31. The Hall–Kier alpha value is -1.24. The topological polar surface area (TPSA) is 101 Å². The first-order chi connectivity index (χ1) is 7.34. The average Bonchev–Trinajstić information content (AvgIpc) is 2.49. The van der Waals surface area contributed by atoms with Crippen LogP contribution < -0.4 is 11.4 Å². The minimum atomic E-state index is -0.303. The summed E-state index contributed by atoms with van der Waals surface area (Å²) in [4.78, 5) is 11.1. The molecule has 0 radical (unpaired) electrons. The number of amidine groups is 1. The van der Waals surface area contributed by atoms with E-state index in [1.54, 1.807) is 7.05 Å². The van der Waals surface area contributed by atoms with Gasteiger partial charge in [0.05, 0.1) is 5.84 Å². The molecule has 0 bridgehead atoms. The van der Waals surface area contributed by atoms with Gasteiger partial charge in [0.2, 0.25) is 0 Å². The van der Waals surface area contributed by atoms with Gasteiger partial charge in [0.25, 0.3) is 0 Å². The number of nitrogens with two attached hydrogens (primary N) is 1. The van der Waals surface area contributed by atoms with Crippen molar-refractivity contribution in [2.75, 3.05) is 5.75 Å². The van der Waals surface area contributed by atoms with Crippen molar-refractivity contribution in [3.63, 3.8) is 0 Å². The molecule has 0 amide bonds. The van der Waals surface area contributed by atoms with Crippen LogP contribution in [0.15, 0.2) is 9.95 Å². The van der Waals surface area contributed by atoms with Gasteiger partial charge in [-0.2, -0.15) is 0 Å². The molecule has 0 unspecified atom stereocenters. The molecule has 0 fully saturated rings. The number of hydrogen-bond donors (Lipinski definition) is 3. The van der Waals surface area contributed by atoms with Gasteiger partial charge in [0.1, 0.15) is 0 Å². The fraction of sp³-hybridized carbons (Fsp3) is 0.667. The summed E-state index contributed by atoms with van der Waals surface area (Å²) in [6.07, 6.45) is 0.772. The summed E-state index contributed by atoms with van der Waals surface area (Å²) in [6.45, 7) is 3.86. The van der Waals surface area contributed by atoms with Gasteiger partial charge in [-0.05, 0) is 6.42 Å². The number of nitrogens with zero attached hydrogens (tertiary/aromatic N) is 2. The second kappa shape index (κ2) is 4.73. The third kappa shape index (κ3) is 2.88. The third-order valence-electron chi connectivity index (χ3n) is 2.53. The first-order valence-corrected chi connectivity index (χ1v) is 5.92. The zero-order chi connectivity index (χ0) is 12.3. The lowest BCUT2D eigenvalue weighted by atomic mass is 9.89. The predicted octanol–water partition coefficient (Wildman–Crippen LogP) is 0.553. The number of aromatic amines is 1. The molecule has 0 spiro atoms. The van der Waals surface area contributed by atoms with Gasteiger partial charge in [-0.1, -0.05) is 25.6 Å². The second-order valence-electron chi connectivity index (χ2n) is 4.27. The number of hydrogen-bond acceptors (Lipinski definition) is 4. The Balaban J connectivity index is 2.51. The number of aromatic nitrogens is 3. The number of H-pyrrole nitrogens is 1. The lowest BCUT2D eigenvalue weighted by molar-refractivity contribution is 0.499. The van der Waals surface area contributed by atoms with E-state index >= 15 is 0 Å². The Morgan fingerprint density at radius 2 is 2.31 bits per heavy atom. The maximum atomic E-state index is 11.1. The highest BCUT2D eigenvalue weighted by atomic mass is 32.2. The molecule has 90 valence electrons. The van der Waals surface area contributed by atoms with Crippen molar-refractivity contribution < 1.29 is 0 Å². The Morgan fingerprint density at radius 3 is 2.75 bits per heavy atom. The molecule has 0 aliphatic heterocycles. The quantitative estimate of drug-likeness (QED) is 0.399. The van der Waals surface area contributed by atoms with Crippen molar-refractivity contribution in [2.45, 2.75) is 25.4 Å². The molecule has 0 saturated heterocycles. The molecular formula is C9H17N5OS. The minimum Gasteiger partial charge on any atom is -0.387 e. The van der Waals surface area contributed by atoms with E-state index in [0.29, 0.717) is 5.16 Å². The van der Waals surface area contributed by atoms with Gasteiger partial charge in [-0.25, -0.2) is 9.89 Å². The number of nitrogens with one attached hydrogen (secondary N) is 2. The molecule has 0 aliphatic carbocycles. The third-order valence-corrected chi connectivity index (χ3v) is 3.56. The molecule has 0 aliphatic rings. The van der Waals surface area contributed by atoms with E-state index in [1.165, 1.54) is 16.3 Å². The molecular weight excluding hydrogens is 226 g/mol. The molecule has 16 heavy (non-hydrogen) atoms. The van der Waals surface area contributed by atoms with Crippen LogP contribution >= 0.6 is 11.8 Å². The Kier molecular flexibility index (Phi) is 3.79. The summed E-state index contributed by atoms with van der Waals surface area (Å²) < 4.78 is 1.46. The highest BCUT2D eigenvalue weighted by Crippen LogP contribution is 2.24. The van der Waals surface area contributed by atoms with Crippen LogP contribution in [0.25, 0.3) is 0 Å². The molecule has 1 aromatic rings. The van der Waals surface area contributed by atoms with E-state index < -0.39 is 0 Å². The van der Waals surface area contributed by atoms with Crippen LogP contribution in [0.1, 0.15) is 20.3 Å². The molecule has 4 N–H and O–H groups in total. The van der Waals surface area contributed by atoms with Gasteiger partial charge in [0.15, 0.2) is 5.16 Å². The summed E-state index contributed by atoms with van der Waals surface area (Å²) in [7, 11) is 1.67. The highest BCUT2D eigenvalue weighted by molar-refractivity contribution is 7.99. The Morgan fingerprint density at radius 1 is 1.69 bits per heavy atom. The first-order valence-electron chi connectivity index (χ1n) is 4.93. The van der Waals surface area contributed by atoms with E-state index in [0.717, 1.165) is 12.2 Å².